The van der Waals surface area contributed by atoms with Crippen molar-refractivity contribution in [1.82, 2.24) is 14.7 Å². The molecule has 0 aromatic carbocycles. The number of urea groups is 1. The molecule has 2 aliphatic heterocycles. The van der Waals surface area contributed by atoms with Gasteiger partial charge in [0.15, 0.2) is 0 Å². The molecule has 2 rings (SSSR count). The summed E-state index contributed by atoms with van der Waals surface area (Å²) in [5, 5.41) is 8.94. The monoisotopic (exact) mass is 283 g/mol. The Morgan fingerprint density at radius 1 is 1.20 bits per heavy atom. The predicted octanol–water partition coefficient (Wildman–Crippen LogP) is 1.07. The summed E-state index contributed by atoms with van der Waals surface area (Å²) in [6, 6.07) is 0.313. The molecular weight excluding hydrogens is 258 g/mol. The molecule has 0 radical (unpaired) electrons. The maximum Gasteiger partial charge on any atom is 0.320 e. The van der Waals surface area contributed by atoms with E-state index in [0.717, 1.165) is 38.9 Å². The fraction of sp³-hybridized carbons (Fsp3) is 0.857. The van der Waals surface area contributed by atoms with Crippen LogP contribution in [-0.4, -0.2) is 77.1 Å². The lowest BCUT2D eigenvalue weighted by Crippen LogP contribution is -2.56. The lowest BCUT2D eigenvalue weighted by atomic mass is 10.1. The number of aliphatic carboxylic acids is 1. The van der Waals surface area contributed by atoms with Crippen LogP contribution in [0.25, 0.3) is 0 Å². The normalized spacial score (nSPS) is 27.9. The van der Waals surface area contributed by atoms with Crippen molar-refractivity contribution in [3.05, 3.63) is 0 Å². The van der Waals surface area contributed by atoms with Crippen molar-refractivity contribution in [1.29, 1.82) is 0 Å². The SMILES string of the molecule is CCC1CN(C(=O)N2CCCC2CC(=O)O)CCN1C. The van der Waals surface area contributed by atoms with Crippen LogP contribution in [0.4, 0.5) is 4.79 Å². The first-order valence-electron chi connectivity index (χ1n) is 7.50. The van der Waals surface area contributed by atoms with Crippen LogP contribution in [0.15, 0.2) is 0 Å². The zero-order chi connectivity index (χ0) is 14.7. The van der Waals surface area contributed by atoms with Gasteiger partial charge in [0.25, 0.3) is 0 Å². The van der Waals surface area contributed by atoms with E-state index in [2.05, 4.69) is 18.9 Å². The lowest BCUT2D eigenvalue weighted by Gasteiger charge is -2.41. The quantitative estimate of drug-likeness (QED) is 0.841. The van der Waals surface area contributed by atoms with E-state index >= 15 is 0 Å². The van der Waals surface area contributed by atoms with Crippen LogP contribution in [-0.2, 0) is 4.79 Å². The smallest absolute Gasteiger partial charge is 0.320 e. The first-order chi connectivity index (χ1) is 9.52. The molecule has 0 spiro atoms. The van der Waals surface area contributed by atoms with Gasteiger partial charge in [-0.1, -0.05) is 6.92 Å². The van der Waals surface area contributed by atoms with E-state index in [1.807, 2.05) is 4.90 Å². The van der Waals surface area contributed by atoms with Gasteiger partial charge in [-0.25, -0.2) is 4.79 Å². The molecule has 2 amide bonds. The second-order valence-corrected chi connectivity index (χ2v) is 5.86. The standard InChI is InChI=1S/C14H25N3O3/c1-3-11-10-16(8-7-15(11)2)14(20)17-6-4-5-12(17)9-13(18)19/h11-12H,3-10H2,1-2H3,(H,18,19). The van der Waals surface area contributed by atoms with Crippen LogP contribution in [0.3, 0.4) is 0 Å². The average molecular weight is 283 g/mol. The van der Waals surface area contributed by atoms with Gasteiger partial charge in [-0.05, 0) is 26.3 Å². The Morgan fingerprint density at radius 2 is 1.95 bits per heavy atom. The van der Waals surface area contributed by atoms with Gasteiger partial charge in [-0.2, -0.15) is 0 Å². The molecule has 2 atom stereocenters. The second-order valence-electron chi connectivity index (χ2n) is 5.86. The highest BCUT2D eigenvalue weighted by Crippen LogP contribution is 2.23. The van der Waals surface area contributed by atoms with E-state index < -0.39 is 5.97 Å². The van der Waals surface area contributed by atoms with Gasteiger partial charge in [0.2, 0.25) is 0 Å². The number of hydrogen-bond donors (Lipinski definition) is 1. The van der Waals surface area contributed by atoms with Crippen molar-refractivity contribution in [3.8, 4) is 0 Å². The van der Waals surface area contributed by atoms with Gasteiger partial charge in [-0.15, -0.1) is 0 Å². The number of likely N-dealkylation sites (tertiary alicyclic amines) is 1. The minimum atomic E-state index is -0.820. The van der Waals surface area contributed by atoms with Gasteiger partial charge in [-0.3, -0.25) is 9.69 Å². The molecule has 6 nitrogen and oxygen atoms in total. The maximum absolute atomic E-state index is 12.6. The molecular formula is C14H25N3O3. The van der Waals surface area contributed by atoms with E-state index in [-0.39, 0.29) is 18.5 Å². The number of piperazine rings is 1. The molecule has 2 unspecified atom stereocenters. The van der Waals surface area contributed by atoms with Crippen molar-refractivity contribution in [3.63, 3.8) is 0 Å². The van der Waals surface area contributed by atoms with Crippen LogP contribution in [0.2, 0.25) is 0 Å². The van der Waals surface area contributed by atoms with Gasteiger partial charge >= 0.3 is 12.0 Å². The number of nitrogens with zero attached hydrogens (tertiary/aromatic N) is 3. The summed E-state index contributed by atoms with van der Waals surface area (Å²) in [6.45, 7) is 5.21. The summed E-state index contributed by atoms with van der Waals surface area (Å²) in [4.78, 5) is 29.4. The van der Waals surface area contributed by atoms with Crippen LogP contribution in [0, 0.1) is 0 Å². The number of likely N-dealkylation sites (N-methyl/N-ethyl adjacent to an activating group) is 1. The van der Waals surface area contributed by atoms with Gasteiger partial charge in [0, 0.05) is 38.3 Å². The predicted molar refractivity (Wildman–Crippen MR) is 75.7 cm³/mol. The third-order valence-electron chi connectivity index (χ3n) is 4.55. The Hall–Kier alpha value is -1.30. The number of carboxylic acid groups (broad SMARTS) is 1. The fourth-order valence-electron chi connectivity index (χ4n) is 3.24. The summed E-state index contributed by atoms with van der Waals surface area (Å²) in [5.41, 5.74) is 0. The minimum absolute atomic E-state index is 0.0281. The minimum Gasteiger partial charge on any atom is -0.481 e. The summed E-state index contributed by atoms with van der Waals surface area (Å²) in [6.07, 6.45) is 2.81. The van der Waals surface area contributed by atoms with Crippen molar-refractivity contribution in [2.75, 3.05) is 33.2 Å². The number of amides is 2. The Balaban J connectivity index is 1.98. The average Bonchev–Trinajstić information content (AvgIpc) is 2.85. The number of rotatable bonds is 3. The van der Waals surface area contributed by atoms with Gasteiger partial charge in [0.05, 0.1) is 6.42 Å². The highest BCUT2D eigenvalue weighted by molar-refractivity contribution is 5.76. The number of carbonyl (C=O) groups excluding carboxylic acids is 1. The Labute approximate surface area is 120 Å². The van der Waals surface area contributed by atoms with Crippen LogP contribution < -0.4 is 0 Å². The highest BCUT2D eigenvalue weighted by Gasteiger charge is 2.35. The first kappa shape index (κ1) is 15.1. The van der Waals surface area contributed by atoms with Crippen molar-refractivity contribution < 1.29 is 14.7 Å². The summed E-state index contributed by atoms with van der Waals surface area (Å²) in [7, 11) is 2.10. The van der Waals surface area contributed by atoms with Crippen LogP contribution in [0.5, 0.6) is 0 Å². The molecule has 6 heteroatoms. The second kappa shape index (κ2) is 6.43. The fourth-order valence-corrected chi connectivity index (χ4v) is 3.24. The topological polar surface area (TPSA) is 64.1 Å². The van der Waals surface area contributed by atoms with E-state index in [1.165, 1.54) is 0 Å². The lowest BCUT2D eigenvalue weighted by molar-refractivity contribution is -0.138. The van der Waals surface area contributed by atoms with E-state index in [1.54, 1.807) is 4.90 Å². The van der Waals surface area contributed by atoms with E-state index in [0.29, 0.717) is 12.6 Å². The number of hydrogen-bond acceptors (Lipinski definition) is 3. The van der Waals surface area contributed by atoms with E-state index in [4.69, 9.17) is 5.11 Å². The Morgan fingerprint density at radius 3 is 2.60 bits per heavy atom. The van der Waals surface area contributed by atoms with Crippen molar-refractivity contribution >= 4 is 12.0 Å². The molecule has 20 heavy (non-hydrogen) atoms. The molecule has 0 aliphatic carbocycles. The molecule has 2 heterocycles. The number of carboxylic acids is 1. The van der Waals surface area contributed by atoms with Gasteiger partial charge < -0.3 is 14.9 Å². The largest absolute Gasteiger partial charge is 0.481 e. The maximum atomic E-state index is 12.6. The molecule has 2 fully saturated rings. The molecule has 2 saturated heterocycles. The van der Waals surface area contributed by atoms with Crippen LogP contribution >= 0.6 is 0 Å². The molecule has 0 aromatic rings. The van der Waals surface area contributed by atoms with Crippen LogP contribution in [0.1, 0.15) is 32.6 Å². The van der Waals surface area contributed by atoms with Crippen molar-refractivity contribution in [2.24, 2.45) is 0 Å². The molecule has 0 bridgehead atoms. The van der Waals surface area contributed by atoms with Crippen molar-refractivity contribution in [2.45, 2.75) is 44.7 Å². The third-order valence-corrected chi connectivity index (χ3v) is 4.55. The molecule has 2 aliphatic rings. The molecule has 114 valence electrons. The third kappa shape index (κ3) is 3.23. The van der Waals surface area contributed by atoms with E-state index in [9.17, 15) is 9.59 Å². The zero-order valence-electron chi connectivity index (χ0n) is 12.4. The Bertz CT molecular complexity index is 375. The summed E-state index contributed by atoms with van der Waals surface area (Å²) < 4.78 is 0. The zero-order valence-corrected chi connectivity index (χ0v) is 12.4. The Kier molecular flexibility index (Phi) is 4.86. The molecule has 0 saturated carbocycles. The highest BCUT2D eigenvalue weighted by atomic mass is 16.4. The summed E-state index contributed by atoms with van der Waals surface area (Å²) >= 11 is 0. The number of carbonyl (C=O) groups is 2. The molecule has 0 aromatic heterocycles. The first-order valence-corrected chi connectivity index (χ1v) is 7.50. The van der Waals surface area contributed by atoms with Gasteiger partial charge in [0.1, 0.15) is 0 Å². The molecule has 1 N–H and O–H groups in total. The summed E-state index contributed by atoms with van der Waals surface area (Å²) in [5.74, 6) is -0.820.